The number of ether oxygens (including phenoxy) is 1. The maximum Gasteiger partial charge on any atom is 0.305 e. The van der Waals surface area contributed by atoms with Gasteiger partial charge in [0.2, 0.25) is 11.8 Å². The predicted octanol–water partition coefficient (Wildman–Crippen LogP) is 0.737. The van der Waals surface area contributed by atoms with Crippen molar-refractivity contribution in [3.8, 4) is 0 Å². The van der Waals surface area contributed by atoms with Crippen LogP contribution in [0.25, 0.3) is 0 Å². The van der Waals surface area contributed by atoms with E-state index >= 15 is 0 Å². The molecule has 2 atom stereocenters. The number of nitrogens with one attached hydrogen (secondary N) is 2. The van der Waals surface area contributed by atoms with Crippen molar-refractivity contribution in [2.45, 2.75) is 77.3 Å². The molecular weight excluding hydrogens is 356 g/mol. The molecule has 0 heterocycles. The van der Waals surface area contributed by atoms with Crippen molar-refractivity contribution in [2.75, 3.05) is 13.2 Å². The molecule has 0 aromatic heterocycles. The van der Waals surface area contributed by atoms with Gasteiger partial charge in [0, 0.05) is 25.7 Å². The molecule has 0 saturated carbocycles. The standard InChI is InChI=1S/C18H32N2O7/c1-3-13(11-21)19-15(22)8-6-10-18(26)27-12-14(4-2)20-16(23)7-5-9-17(24)25/h13-14,21H,3-12H2,1-2H3,(H,19,22)(H,20,23)(H,24,25). The second-order valence-corrected chi connectivity index (χ2v) is 6.31. The van der Waals surface area contributed by atoms with E-state index in [-0.39, 0.29) is 69.2 Å². The van der Waals surface area contributed by atoms with Gasteiger partial charge in [0.05, 0.1) is 18.7 Å². The topological polar surface area (TPSA) is 142 Å². The largest absolute Gasteiger partial charge is 0.481 e. The molecule has 0 radical (unpaired) electrons. The smallest absolute Gasteiger partial charge is 0.305 e. The van der Waals surface area contributed by atoms with Crippen molar-refractivity contribution in [3.63, 3.8) is 0 Å². The number of carbonyl (C=O) groups is 4. The Morgan fingerprint density at radius 3 is 1.85 bits per heavy atom. The third kappa shape index (κ3) is 13.7. The predicted molar refractivity (Wildman–Crippen MR) is 97.8 cm³/mol. The summed E-state index contributed by atoms with van der Waals surface area (Å²) in [7, 11) is 0. The average molecular weight is 388 g/mol. The molecule has 0 bridgehead atoms. The Labute approximate surface area is 159 Å². The van der Waals surface area contributed by atoms with Crippen LogP contribution in [0.2, 0.25) is 0 Å². The highest BCUT2D eigenvalue weighted by molar-refractivity contribution is 5.78. The molecular formula is C18H32N2O7. The number of aliphatic hydroxyl groups is 1. The van der Waals surface area contributed by atoms with Crippen molar-refractivity contribution in [1.29, 1.82) is 0 Å². The maximum atomic E-state index is 11.7. The minimum Gasteiger partial charge on any atom is -0.481 e. The summed E-state index contributed by atoms with van der Waals surface area (Å²) < 4.78 is 5.12. The first-order valence-electron chi connectivity index (χ1n) is 9.39. The van der Waals surface area contributed by atoms with Crippen LogP contribution in [0, 0.1) is 0 Å². The average Bonchev–Trinajstić information content (AvgIpc) is 2.62. The molecule has 9 heteroatoms. The Bertz CT molecular complexity index is 478. The van der Waals surface area contributed by atoms with Crippen LogP contribution in [-0.2, 0) is 23.9 Å². The van der Waals surface area contributed by atoms with Crippen LogP contribution in [0.4, 0.5) is 0 Å². The van der Waals surface area contributed by atoms with E-state index in [0.29, 0.717) is 19.3 Å². The minimum atomic E-state index is -0.945. The molecule has 0 spiro atoms. The number of carboxylic acid groups (broad SMARTS) is 1. The zero-order valence-corrected chi connectivity index (χ0v) is 16.2. The molecule has 0 aliphatic rings. The van der Waals surface area contributed by atoms with Crippen molar-refractivity contribution in [3.05, 3.63) is 0 Å². The zero-order valence-electron chi connectivity index (χ0n) is 16.2. The number of esters is 1. The SMILES string of the molecule is CCC(CO)NC(=O)CCCC(=O)OCC(CC)NC(=O)CCCC(=O)O. The fraction of sp³-hybridized carbons (Fsp3) is 0.778. The summed E-state index contributed by atoms with van der Waals surface area (Å²) in [6.07, 6.45) is 2.10. The number of carboxylic acids is 1. The quantitative estimate of drug-likeness (QED) is 0.303. The fourth-order valence-corrected chi connectivity index (χ4v) is 2.20. The molecule has 2 amide bonds. The van der Waals surface area contributed by atoms with E-state index in [9.17, 15) is 19.2 Å². The Balaban J connectivity index is 3.97. The summed E-state index contributed by atoms with van der Waals surface area (Å²) in [5.41, 5.74) is 0. The molecule has 0 rings (SSSR count). The number of aliphatic carboxylic acids is 1. The second-order valence-electron chi connectivity index (χ2n) is 6.31. The highest BCUT2D eigenvalue weighted by Gasteiger charge is 2.14. The summed E-state index contributed by atoms with van der Waals surface area (Å²) in [5.74, 6) is -1.89. The molecule has 0 fully saturated rings. The van der Waals surface area contributed by atoms with Gasteiger partial charge in [0.15, 0.2) is 0 Å². The lowest BCUT2D eigenvalue weighted by Crippen LogP contribution is -2.38. The minimum absolute atomic E-state index is 0.0363. The normalized spacial score (nSPS) is 12.7. The van der Waals surface area contributed by atoms with E-state index < -0.39 is 11.9 Å². The van der Waals surface area contributed by atoms with Gasteiger partial charge in [0.25, 0.3) is 0 Å². The van der Waals surface area contributed by atoms with Crippen LogP contribution in [0.5, 0.6) is 0 Å². The summed E-state index contributed by atoms with van der Waals surface area (Å²) in [6, 6.07) is -0.599. The number of aliphatic hydroxyl groups excluding tert-OH is 1. The maximum absolute atomic E-state index is 11.7. The van der Waals surface area contributed by atoms with E-state index in [1.807, 2.05) is 13.8 Å². The van der Waals surface area contributed by atoms with E-state index in [0.717, 1.165) is 0 Å². The first-order chi connectivity index (χ1) is 12.8. The van der Waals surface area contributed by atoms with Crippen LogP contribution in [0.1, 0.15) is 65.2 Å². The Morgan fingerprint density at radius 1 is 0.852 bits per heavy atom. The van der Waals surface area contributed by atoms with Crippen LogP contribution in [0.15, 0.2) is 0 Å². The molecule has 2 unspecified atom stereocenters. The Morgan fingerprint density at radius 2 is 1.37 bits per heavy atom. The van der Waals surface area contributed by atoms with Gasteiger partial charge >= 0.3 is 11.9 Å². The third-order valence-electron chi connectivity index (χ3n) is 3.96. The van der Waals surface area contributed by atoms with Gasteiger partial charge in [-0.1, -0.05) is 13.8 Å². The molecule has 0 aliphatic carbocycles. The summed E-state index contributed by atoms with van der Waals surface area (Å²) in [4.78, 5) is 45.5. The van der Waals surface area contributed by atoms with Crippen molar-refractivity contribution in [2.24, 2.45) is 0 Å². The number of hydrogen-bond acceptors (Lipinski definition) is 6. The lowest BCUT2D eigenvalue weighted by molar-refractivity contribution is -0.145. The molecule has 0 aromatic rings. The van der Waals surface area contributed by atoms with E-state index in [2.05, 4.69) is 10.6 Å². The Kier molecular flexibility index (Phi) is 13.8. The van der Waals surface area contributed by atoms with Crippen LogP contribution in [-0.4, -0.2) is 59.3 Å². The molecule has 4 N–H and O–H groups in total. The van der Waals surface area contributed by atoms with Gasteiger partial charge in [-0.05, 0) is 25.7 Å². The number of hydrogen-bond donors (Lipinski definition) is 4. The lowest BCUT2D eigenvalue weighted by Gasteiger charge is -2.17. The summed E-state index contributed by atoms with van der Waals surface area (Å²) in [5, 5.41) is 22.9. The first kappa shape index (κ1) is 24.8. The monoisotopic (exact) mass is 388 g/mol. The third-order valence-corrected chi connectivity index (χ3v) is 3.96. The lowest BCUT2D eigenvalue weighted by atomic mass is 10.2. The second kappa shape index (κ2) is 15.0. The van der Waals surface area contributed by atoms with E-state index in [4.69, 9.17) is 14.9 Å². The molecule has 27 heavy (non-hydrogen) atoms. The van der Waals surface area contributed by atoms with Gasteiger partial charge in [0.1, 0.15) is 6.61 Å². The van der Waals surface area contributed by atoms with Crippen molar-refractivity contribution in [1.82, 2.24) is 10.6 Å². The van der Waals surface area contributed by atoms with E-state index in [1.165, 1.54) is 0 Å². The first-order valence-corrected chi connectivity index (χ1v) is 9.39. The van der Waals surface area contributed by atoms with Crippen molar-refractivity contribution < 1.29 is 34.1 Å². The van der Waals surface area contributed by atoms with Gasteiger partial charge in [-0.2, -0.15) is 0 Å². The molecule has 0 aromatic carbocycles. The summed E-state index contributed by atoms with van der Waals surface area (Å²) in [6.45, 7) is 3.61. The zero-order chi connectivity index (χ0) is 20.7. The van der Waals surface area contributed by atoms with Gasteiger partial charge < -0.3 is 25.6 Å². The highest BCUT2D eigenvalue weighted by Crippen LogP contribution is 2.02. The number of amides is 2. The number of rotatable bonds is 15. The molecule has 0 saturated heterocycles. The van der Waals surface area contributed by atoms with Crippen LogP contribution < -0.4 is 10.6 Å². The summed E-state index contributed by atoms with van der Waals surface area (Å²) >= 11 is 0. The molecule has 156 valence electrons. The van der Waals surface area contributed by atoms with Gasteiger partial charge in [-0.15, -0.1) is 0 Å². The van der Waals surface area contributed by atoms with E-state index in [1.54, 1.807) is 0 Å². The van der Waals surface area contributed by atoms with Gasteiger partial charge in [-0.25, -0.2) is 0 Å². The Hall–Kier alpha value is -2.16. The van der Waals surface area contributed by atoms with Crippen molar-refractivity contribution >= 4 is 23.8 Å². The fourth-order valence-electron chi connectivity index (χ4n) is 2.20. The van der Waals surface area contributed by atoms with Crippen LogP contribution >= 0.6 is 0 Å². The molecule has 9 nitrogen and oxygen atoms in total. The van der Waals surface area contributed by atoms with Crippen LogP contribution in [0.3, 0.4) is 0 Å². The highest BCUT2D eigenvalue weighted by atomic mass is 16.5. The molecule has 0 aliphatic heterocycles. The number of carbonyl (C=O) groups excluding carboxylic acids is 3. The van der Waals surface area contributed by atoms with Gasteiger partial charge in [-0.3, -0.25) is 19.2 Å².